The maximum atomic E-state index is 12.9. The van der Waals surface area contributed by atoms with E-state index in [-0.39, 0.29) is 24.3 Å². The molecule has 1 atom stereocenters. The van der Waals surface area contributed by atoms with Crippen molar-refractivity contribution in [3.63, 3.8) is 0 Å². The molecule has 0 aromatic carbocycles. The molecule has 4 rings (SSSR count). The highest BCUT2D eigenvalue weighted by Gasteiger charge is 2.33. The predicted molar refractivity (Wildman–Crippen MR) is 117 cm³/mol. The van der Waals surface area contributed by atoms with E-state index in [0.717, 1.165) is 28.0 Å². The topological polar surface area (TPSA) is 102 Å². The van der Waals surface area contributed by atoms with Gasteiger partial charge >= 0.3 is 0 Å². The van der Waals surface area contributed by atoms with Crippen LogP contribution in [-0.2, 0) is 16.1 Å². The van der Waals surface area contributed by atoms with Gasteiger partial charge in [-0.25, -0.2) is 14.6 Å². The number of carbonyl (C=O) groups is 2. The van der Waals surface area contributed by atoms with Gasteiger partial charge in [-0.15, -0.1) is 11.3 Å². The molecule has 1 aliphatic rings. The van der Waals surface area contributed by atoms with Crippen LogP contribution in [0, 0.1) is 13.8 Å². The Morgan fingerprint density at radius 1 is 1.35 bits per heavy atom. The summed E-state index contributed by atoms with van der Waals surface area (Å²) >= 11 is 1.40. The fourth-order valence-corrected chi connectivity index (χ4v) is 5.18. The molecule has 2 amide bonds. The van der Waals surface area contributed by atoms with Crippen molar-refractivity contribution in [2.75, 3.05) is 33.4 Å². The quantitative estimate of drug-likeness (QED) is 0.561. The van der Waals surface area contributed by atoms with E-state index in [1.165, 1.54) is 11.3 Å². The fraction of sp³-hybridized carbons (Fsp3) is 0.476. The number of ether oxygens (including phenoxy) is 1. The molecule has 3 aromatic rings. The van der Waals surface area contributed by atoms with Crippen LogP contribution in [0.1, 0.15) is 39.2 Å². The van der Waals surface area contributed by atoms with Crippen LogP contribution in [0.15, 0.2) is 18.3 Å². The molecule has 0 radical (unpaired) electrons. The number of methoxy groups -OCH3 is 1. The summed E-state index contributed by atoms with van der Waals surface area (Å²) in [5.41, 5.74) is 0.992. The van der Waals surface area contributed by atoms with Crippen molar-refractivity contribution < 1.29 is 14.3 Å². The number of carbonyl (C=O) groups excluding carboxylic acids is 2. The molecule has 1 aliphatic heterocycles. The number of hydrogen-bond donors (Lipinski definition) is 1. The second-order valence-corrected chi connectivity index (χ2v) is 8.64. The van der Waals surface area contributed by atoms with Crippen LogP contribution in [-0.4, -0.2) is 69.8 Å². The van der Waals surface area contributed by atoms with Gasteiger partial charge in [-0.2, -0.15) is 5.10 Å². The number of nitrogens with one attached hydrogen (secondary N) is 1. The third kappa shape index (κ3) is 4.45. The average Bonchev–Trinajstić information content (AvgIpc) is 3.44. The Morgan fingerprint density at radius 3 is 2.94 bits per heavy atom. The van der Waals surface area contributed by atoms with Gasteiger partial charge in [0, 0.05) is 44.2 Å². The molecule has 0 unspecified atom stereocenters. The summed E-state index contributed by atoms with van der Waals surface area (Å²) in [5.74, 6) is 1.37. The summed E-state index contributed by atoms with van der Waals surface area (Å²) in [4.78, 5) is 37.8. The largest absolute Gasteiger partial charge is 0.383 e. The summed E-state index contributed by atoms with van der Waals surface area (Å²) in [7, 11) is 1.60. The zero-order valence-electron chi connectivity index (χ0n) is 17.9. The number of aryl methyl sites for hydroxylation is 2. The van der Waals surface area contributed by atoms with E-state index in [2.05, 4.69) is 20.4 Å². The van der Waals surface area contributed by atoms with Crippen LogP contribution in [0.2, 0.25) is 0 Å². The molecule has 0 bridgehead atoms. The van der Waals surface area contributed by atoms with Crippen LogP contribution < -0.4 is 5.32 Å². The first-order valence-corrected chi connectivity index (χ1v) is 11.1. The molecule has 1 fully saturated rings. The van der Waals surface area contributed by atoms with Crippen molar-refractivity contribution in [3.05, 3.63) is 40.4 Å². The zero-order valence-corrected chi connectivity index (χ0v) is 18.7. The third-order valence-electron chi connectivity index (χ3n) is 5.50. The molecule has 10 heteroatoms. The molecule has 0 aliphatic carbocycles. The molecule has 4 heterocycles. The Kier molecular flexibility index (Phi) is 6.28. The summed E-state index contributed by atoms with van der Waals surface area (Å²) in [6, 6.07) is 3.89. The molecule has 1 saturated heterocycles. The van der Waals surface area contributed by atoms with E-state index in [4.69, 9.17) is 4.74 Å². The third-order valence-corrected chi connectivity index (χ3v) is 6.63. The maximum Gasteiger partial charge on any atom is 0.261 e. The highest BCUT2D eigenvalue weighted by molar-refractivity contribution is 7.20. The summed E-state index contributed by atoms with van der Waals surface area (Å²) in [6.07, 6.45) is 2.54. The van der Waals surface area contributed by atoms with E-state index in [0.29, 0.717) is 36.9 Å². The second kappa shape index (κ2) is 9.11. The standard InChI is InChI=1S/C21H26N6O3S/c1-13-24-14(2)27(25-13)12-17(28)26-9-6-15(11-26)18-16-5-4-7-23-21(16)31-19(18)20(29)22-8-10-30-3/h4-5,7,15H,6,8-12H2,1-3H3,(H,22,29)/t15-/m1/s1. The van der Waals surface area contributed by atoms with Crippen LogP contribution in [0.4, 0.5) is 0 Å². The molecule has 9 nitrogen and oxygen atoms in total. The molecular weight excluding hydrogens is 416 g/mol. The molecular formula is C21H26N6O3S. The van der Waals surface area contributed by atoms with Gasteiger partial charge in [0.15, 0.2) is 0 Å². The molecule has 0 spiro atoms. The molecule has 1 N–H and O–H groups in total. The number of hydrogen-bond acceptors (Lipinski definition) is 7. The monoisotopic (exact) mass is 442 g/mol. The minimum atomic E-state index is -0.117. The summed E-state index contributed by atoms with van der Waals surface area (Å²) in [5, 5.41) is 8.20. The van der Waals surface area contributed by atoms with Crippen LogP contribution in [0.25, 0.3) is 10.2 Å². The van der Waals surface area contributed by atoms with E-state index < -0.39 is 0 Å². The maximum absolute atomic E-state index is 12.9. The molecule has 31 heavy (non-hydrogen) atoms. The van der Waals surface area contributed by atoms with Gasteiger partial charge in [-0.05, 0) is 31.9 Å². The number of amides is 2. The minimum Gasteiger partial charge on any atom is -0.383 e. The van der Waals surface area contributed by atoms with Crippen LogP contribution >= 0.6 is 11.3 Å². The van der Waals surface area contributed by atoms with E-state index in [9.17, 15) is 9.59 Å². The second-order valence-electron chi connectivity index (χ2n) is 7.64. The first-order valence-electron chi connectivity index (χ1n) is 10.3. The van der Waals surface area contributed by atoms with Gasteiger partial charge in [0.2, 0.25) is 5.91 Å². The number of nitrogens with zero attached hydrogens (tertiary/aromatic N) is 5. The zero-order chi connectivity index (χ0) is 22.0. The van der Waals surface area contributed by atoms with Gasteiger partial charge in [0.25, 0.3) is 5.91 Å². The minimum absolute atomic E-state index is 0.0132. The Balaban J connectivity index is 1.54. The smallest absolute Gasteiger partial charge is 0.261 e. The number of pyridine rings is 1. The highest BCUT2D eigenvalue weighted by atomic mass is 32.1. The number of fused-ring (bicyclic) bond motifs is 1. The van der Waals surface area contributed by atoms with Crippen molar-refractivity contribution in [1.82, 2.24) is 30.0 Å². The average molecular weight is 443 g/mol. The van der Waals surface area contributed by atoms with Gasteiger partial charge in [0.1, 0.15) is 23.0 Å². The Labute approximate surface area is 184 Å². The van der Waals surface area contributed by atoms with E-state index in [1.807, 2.05) is 30.9 Å². The van der Waals surface area contributed by atoms with Gasteiger partial charge in [-0.3, -0.25) is 9.59 Å². The Bertz CT molecular complexity index is 1110. The first-order chi connectivity index (χ1) is 15.0. The van der Waals surface area contributed by atoms with Gasteiger partial charge in [-0.1, -0.05) is 6.07 Å². The Hall–Kier alpha value is -2.85. The van der Waals surface area contributed by atoms with Crippen LogP contribution in [0.3, 0.4) is 0 Å². The lowest BCUT2D eigenvalue weighted by Gasteiger charge is -2.17. The van der Waals surface area contributed by atoms with Crippen molar-refractivity contribution in [2.24, 2.45) is 0 Å². The number of thiophene rings is 1. The molecule has 3 aromatic heterocycles. The van der Waals surface area contributed by atoms with Gasteiger partial charge < -0.3 is 15.0 Å². The van der Waals surface area contributed by atoms with Crippen molar-refractivity contribution in [2.45, 2.75) is 32.7 Å². The fourth-order valence-electron chi connectivity index (χ4n) is 4.03. The van der Waals surface area contributed by atoms with E-state index >= 15 is 0 Å². The normalized spacial score (nSPS) is 16.2. The molecule has 0 saturated carbocycles. The summed E-state index contributed by atoms with van der Waals surface area (Å²) < 4.78 is 6.68. The number of aromatic nitrogens is 4. The highest BCUT2D eigenvalue weighted by Crippen LogP contribution is 2.39. The predicted octanol–water partition coefficient (Wildman–Crippen LogP) is 1.90. The summed E-state index contributed by atoms with van der Waals surface area (Å²) in [6.45, 7) is 5.96. The number of likely N-dealkylation sites (tertiary alicyclic amines) is 1. The number of rotatable bonds is 7. The Morgan fingerprint density at radius 2 is 2.19 bits per heavy atom. The lowest BCUT2D eigenvalue weighted by molar-refractivity contribution is -0.131. The van der Waals surface area contributed by atoms with Gasteiger partial charge in [0.05, 0.1) is 11.5 Å². The first kappa shape index (κ1) is 21.4. The van der Waals surface area contributed by atoms with Crippen molar-refractivity contribution in [1.29, 1.82) is 0 Å². The van der Waals surface area contributed by atoms with Crippen LogP contribution in [0.5, 0.6) is 0 Å². The SMILES string of the molecule is COCCNC(=O)c1sc2ncccc2c1[C@@H]1CCN(C(=O)Cn2nc(C)nc2C)C1. The lowest BCUT2D eigenvalue weighted by Crippen LogP contribution is -2.32. The lowest BCUT2D eigenvalue weighted by atomic mass is 9.95. The van der Waals surface area contributed by atoms with E-state index in [1.54, 1.807) is 18.0 Å². The van der Waals surface area contributed by atoms with Crippen molar-refractivity contribution in [3.8, 4) is 0 Å². The molecule has 164 valence electrons. The van der Waals surface area contributed by atoms with Crippen molar-refractivity contribution >= 4 is 33.4 Å².